The highest BCUT2D eigenvalue weighted by molar-refractivity contribution is 5.88. The summed E-state index contributed by atoms with van der Waals surface area (Å²) in [5.74, 6) is -0.534. The van der Waals surface area contributed by atoms with Gasteiger partial charge in [0.15, 0.2) is 0 Å². The molecule has 1 aromatic rings. The van der Waals surface area contributed by atoms with Crippen molar-refractivity contribution in [3.63, 3.8) is 0 Å². The molecule has 3 N–H and O–H groups in total. The van der Waals surface area contributed by atoms with Gasteiger partial charge in [0.05, 0.1) is 17.6 Å². The molecule has 0 saturated heterocycles. The zero-order valence-electron chi connectivity index (χ0n) is 11.1. The maximum absolute atomic E-state index is 12.7. The van der Waals surface area contributed by atoms with E-state index in [1.165, 1.54) is 18.2 Å². The number of alkyl halides is 3. The summed E-state index contributed by atoms with van der Waals surface area (Å²) < 4.78 is 43.1. The lowest BCUT2D eigenvalue weighted by Gasteiger charge is -2.14. The third-order valence-electron chi connectivity index (χ3n) is 3.08. The summed E-state index contributed by atoms with van der Waals surface area (Å²) in [6, 6.07) is 4.95. The highest BCUT2D eigenvalue weighted by Gasteiger charge is 2.45. The number of ether oxygens (including phenoxy) is 1. The van der Waals surface area contributed by atoms with Crippen molar-refractivity contribution in [1.29, 1.82) is 0 Å². The maximum Gasteiger partial charge on any atom is 0.419 e. The van der Waals surface area contributed by atoms with Gasteiger partial charge in [0.2, 0.25) is 5.91 Å². The molecule has 0 aromatic heterocycles. The van der Waals surface area contributed by atoms with Crippen molar-refractivity contribution in [2.45, 2.75) is 24.6 Å². The van der Waals surface area contributed by atoms with Crippen LogP contribution in [0.1, 0.15) is 18.4 Å². The Labute approximate surface area is 126 Å². The lowest BCUT2D eigenvalue weighted by atomic mass is 10.2. The molecule has 0 aliphatic heterocycles. The number of hydrogen-bond donors (Lipinski definition) is 2. The molecule has 0 atom stereocenters. The van der Waals surface area contributed by atoms with Crippen LogP contribution in [0.3, 0.4) is 0 Å². The summed E-state index contributed by atoms with van der Waals surface area (Å²) in [6.45, 7) is 0.0683. The average molecular weight is 325 g/mol. The van der Waals surface area contributed by atoms with E-state index in [1.54, 1.807) is 0 Å². The topological polar surface area (TPSA) is 64.4 Å². The van der Waals surface area contributed by atoms with E-state index in [9.17, 15) is 18.0 Å². The molecule has 0 heterocycles. The smallest absolute Gasteiger partial charge is 0.419 e. The van der Waals surface area contributed by atoms with Gasteiger partial charge in [-0.1, -0.05) is 12.1 Å². The van der Waals surface area contributed by atoms with E-state index in [4.69, 9.17) is 10.5 Å². The molecule has 118 valence electrons. The van der Waals surface area contributed by atoms with Crippen LogP contribution in [0, 0.1) is 0 Å². The van der Waals surface area contributed by atoms with Gasteiger partial charge in [-0.25, -0.2) is 0 Å². The second-order valence-electron chi connectivity index (χ2n) is 4.75. The molecule has 2 rings (SSSR count). The van der Waals surface area contributed by atoms with Gasteiger partial charge in [-0.05, 0) is 25.0 Å². The first-order chi connectivity index (χ1) is 9.33. The van der Waals surface area contributed by atoms with Crippen LogP contribution in [0.15, 0.2) is 24.3 Å². The minimum absolute atomic E-state index is 0. The van der Waals surface area contributed by atoms with Gasteiger partial charge in [0.1, 0.15) is 12.4 Å². The van der Waals surface area contributed by atoms with Gasteiger partial charge in [-0.2, -0.15) is 13.2 Å². The molecular formula is C13H16ClF3N2O2. The quantitative estimate of drug-likeness (QED) is 0.815. The second-order valence-corrected chi connectivity index (χ2v) is 4.75. The highest BCUT2D eigenvalue weighted by Crippen LogP contribution is 2.35. The van der Waals surface area contributed by atoms with Gasteiger partial charge in [-0.15, -0.1) is 12.4 Å². The van der Waals surface area contributed by atoms with Crippen LogP contribution in [0.25, 0.3) is 0 Å². The molecule has 21 heavy (non-hydrogen) atoms. The van der Waals surface area contributed by atoms with Gasteiger partial charge < -0.3 is 15.8 Å². The molecule has 4 nitrogen and oxygen atoms in total. The fourth-order valence-electron chi connectivity index (χ4n) is 1.69. The number of benzene rings is 1. The third kappa shape index (κ3) is 4.50. The second kappa shape index (κ2) is 6.53. The predicted molar refractivity (Wildman–Crippen MR) is 73.3 cm³/mol. The lowest BCUT2D eigenvalue weighted by Crippen LogP contribution is -2.44. The normalized spacial score (nSPS) is 15.8. The Morgan fingerprint density at radius 2 is 1.95 bits per heavy atom. The molecule has 0 bridgehead atoms. The van der Waals surface area contributed by atoms with Crippen LogP contribution >= 0.6 is 12.4 Å². The first-order valence-corrected chi connectivity index (χ1v) is 6.19. The number of nitrogens with one attached hydrogen (secondary N) is 1. The zero-order valence-corrected chi connectivity index (χ0v) is 11.9. The first kappa shape index (κ1) is 17.6. The summed E-state index contributed by atoms with van der Waals surface area (Å²) in [6.07, 6.45) is -3.19. The molecule has 0 radical (unpaired) electrons. The number of carbonyl (C=O) groups is 1. The van der Waals surface area contributed by atoms with Crippen LogP contribution in [0.2, 0.25) is 0 Å². The van der Waals surface area contributed by atoms with E-state index in [2.05, 4.69) is 5.32 Å². The monoisotopic (exact) mass is 324 g/mol. The van der Waals surface area contributed by atoms with Crippen molar-refractivity contribution in [3.8, 4) is 5.75 Å². The molecule has 1 aliphatic carbocycles. The number of rotatable bonds is 5. The zero-order chi connectivity index (χ0) is 14.8. The van der Waals surface area contributed by atoms with E-state index in [1.807, 2.05) is 0 Å². The van der Waals surface area contributed by atoms with E-state index in [0.29, 0.717) is 12.8 Å². The SMILES string of the molecule is Cl.NC1(C(=O)NCCOc2ccccc2C(F)(F)F)CC1. The number of hydrogen-bond acceptors (Lipinski definition) is 3. The molecule has 1 amide bonds. The molecule has 8 heteroatoms. The van der Waals surface area contributed by atoms with Crippen LogP contribution < -0.4 is 15.8 Å². The molecule has 1 fully saturated rings. The van der Waals surface area contributed by atoms with Gasteiger partial charge in [0.25, 0.3) is 0 Å². The fourth-order valence-corrected chi connectivity index (χ4v) is 1.69. The van der Waals surface area contributed by atoms with Crippen LogP contribution in [0.5, 0.6) is 5.75 Å². The molecular weight excluding hydrogens is 309 g/mol. The largest absolute Gasteiger partial charge is 0.491 e. The Hall–Kier alpha value is -1.47. The van der Waals surface area contributed by atoms with Crippen molar-refractivity contribution in [3.05, 3.63) is 29.8 Å². The summed E-state index contributed by atoms with van der Waals surface area (Å²) >= 11 is 0. The van der Waals surface area contributed by atoms with E-state index >= 15 is 0 Å². The molecule has 0 spiro atoms. The van der Waals surface area contributed by atoms with Crippen molar-refractivity contribution < 1.29 is 22.7 Å². The Kier molecular flexibility index (Phi) is 5.47. The predicted octanol–water partition coefficient (Wildman–Crippen LogP) is 2.11. The summed E-state index contributed by atoms with van der Waals surface area (Å²) in [5, 5.41) is 2.54. The van der Waals surface area contributed by atoms with Gasteiger partial charge >= 0.3 is 6.18 Å². The van der Waals surface area contributed by atoms with E-state index in [0.717, 1.165) is 6.07 Å². The number of halogens is 4. The molecule has 1 aromatic carbocycles. The molecule has 0 unspecified atom stereocenters. The lowest BCUT2D eigenvalue weighted by molar-refractivity contribution is -0.139. The average Bonchev–Trinajstić information content (AvgIpc) is 3.13. The van der Waals surface area contributed by atoms with Crippen LogP contribution in [0.4, 0.5) is 13.2 Å². The standard InChI is InChI=1S/C13H15F3N2O2.ClH/c14-13(15,16)9-3-1-2-4-10(9)20-8-7-18-11(19)12(17)5-6-12;/h1-4H,5-8,17H2,(H,18,19);1H. The first-order valence-electron chi connectivity index (χ1n) is 6.19. The summed E-state index contributed by atoms with van der Waals surface area (Å²) in [5.41, 5.74) is 4.05. The number of carbonyl (C=O) groups excluding carboxylic acids is 1. The Balaban J connectivity index is 0.00000220. The Morgan fingerprint density at radius 1 is 1.33 bits per heavy atom. The van der Waals surface area contributed by atoms with Crippen molar-refractivity contribution in [2.24, 2.45) is 5.73 Å². The highest BCUT2D eigenvalue weighted by atomic mass is 35.5. The Bertz CT molecular complexity index is 504. The minimum atomic E-state index is -4.46. The van der Waals surface area contributed by atoms with E-state index < -0.39 is 17.3 Å². The summed E-state index contributed by atoms with van der Waals surface area (Å²) in [4.78, 5) is 11.5. The number of para-hydroxylation sites is 1. The number of amides is 1. The Morgan fingerprint density at radius 3 is 2.52 bits per heavy atom. The minimum Gasteiger partial charge on any atom is -0.491 e. The van der Waals surface area contributed by atoms with Crippen molar-refractivity contribution in [1.82, 2.24) is 5.32 Å². The maximum atomic E-state index is 12.7. The third-order valence-corrected chi connectivity index (χ3v) is 3.08. The van der Waals surface area contributed by atoms with Crippen molar-refractivity contribution >= 4 is 18.3 Å². The fraction of sp³-hybridized carbons (Fsp3) is 0.462. The van der Waals surface area contributed by atoms with E-state index in [-0.39, 0.29) is 37.2 Å². The van der Waals surface area contributed by atoms with Gasteiger partial charge in [0, 0.05) is 0 Å². The van der Waals surface area contributed by atoms with Crippen molar-refractivity contribution in [2.75, 3.05) is 13.2 Å². The number of nitrogens with two attached hydrogens (primary N) is 1. The summed E-state index contributed by atoms with van der Waals surface area (Å²) in [7, 11) is 0. The molecule has 1 saturated carbocycles. The van der Waals surface area contributed by atoms with Gasteiger partial charge in [-0.3, -0.25) is 4.79 Å². The van der Waals surface area contributed by atoms with Crippen LogP contribution in [-0.4, -0.2) is 24.6 Å². The molecule has 1 aliphatic rings. The van der Waals surface area contributed by atoms with Crippen LogP contribution in [-0.2, 0) is 11.0 Å².